The summed E-state index contributed by atoms with van der Waals surface area (Å²) in [6.45, 7) is 1.53. The lowest BCUT2D eigenvalue weighted by Crippen LogP contribution is -2.52. The molecule has 0 amide bonds. The molecule has 7 nitrogen and oxygen atoms in total. The van der Waals surface area contributed by atoms with Crippen molar-refractivity contribution in [1.82, 2.24) is 13.9 Å². The van der Waals surface area contributed by atoms with Crippen LogP contribution in [0, 0.1) is 0 Å². The standard InChI is InChI=1S/C7H15N3O4S/c1-8-15(13,14)10-4-2-9(3-5-10)6-7(11)12/h8H,2-6H2,1H3,(H,11,12). The molecule has 1 aliphatic heterocycles. The summed E-state index contributed by atoms with van der Waals surface area (Å²) in [7, 11) is -2.00. The van der Waals surface area contributed by atoms with E-state index < -0.39 is 16.2 Å². The molecule has 1 saturated heterocycles. The van der Waals surface area contributed by atoms with Gasteiger partial charge in [0.05, 0.1) is 6.54 Å². The molecule has 1 rings (SSSR count). The van der Waals surface area contributed by atoms with Gasteiger partial charge >= 0.3 is 5.97 Å². The van der Waals surface area contributed by atoms with Gasteiger partial charge in [0.2, 0.25) is 0 Å². The maximum Gasteiger partial charge on any atom is 0.317 e. The maximum atomic E-state index is 11.4. The number of hydrogen-bond donors (Lipinski definition) is 2. The number of piperazine rings is 1. The molecule has 1 heterocycles. The summed E-state index contributed by atoms with van der Waals surface area (Å²) < 4.78 is 26.3. The number of carboxylic acid groups (broad SMARTS) is 1. The summed E-state index contributed by atoms with van der Waals surface area (Å²) in [6.07, 6.45) is 0. The highest BCUT2D eigenvalue weighted by Gasteiger charge is 2.25. The molecule has 0 unspecified atom stereocenters. The zero-order valence-electron chi connectivity index (χ0n) is 8.51. The highest BCUT2D eigenvalue weighted by molar-refractivity contribution is 7.87. The number of nitrogens with one attached hydrogen (secondary N) is 1. The van der Waals surface area contributed by atoms with Crippen molar-refractivity contribution in [1.29, 1.82) is 0 Å². The fraction of sp³-hybridized carbons (Fsp3) is 0.857. The van der Waals surface area contributed by atoms with Crippen molar-refractivity contribution in [2.75, 3.05) is 39.8 Å². The molecule has 0 aromatic heterocycles. The SMILES string of the molecule is CNS(=O)(=O)N1CCN(CC(=O)O)CC1. The molecule has 15 heavy (non-hydrogen) atoms. The Hall–Kier alpha value is -0.700. The maximum absolute atomic E-state index is 11.4. The van der Waals surface area contributed by atoms with Crippen LogP contribution in [0.5, 0.6) is 0 Å². The number of carboxylic acids is 1. The van der Waals surface area contributed by atoms with Crippen LogP contribution in [0.25, 0.3) is 0 Å². The van der Waals surface area contributed by atoms with Gasteiger partial charge in [-0.1, -0.05) is 0 Å². The third kappa shape index (κ3) is 3.42. The third-order valence-electron chi connectivity index (χ3n) is 2.29. The van der Waals surface area contributed by atoms with Crippen LogP contribution in [-0.2, 0) is 15.0 Å². The largest absolute Gasteiger partial charge is 0.480 e. The van der Waals surface area contributed by atoms with E-state index in [1.54, 1.807) is 4.90 Å². The van der Waals surface area contributed by atoms with Crippen molar-refractivity contribution in [3.8, 4) is 0 Å². The van der Waals surface area contributed by atoms with E-state index in [1.165, 1.54) is 11.4 Å². The predicted molar refractivity (Wildman–Crippen MR) is 53.6 cm³/mol. The smallest absolute Gasteiger partial charge is 0.317 e. The van der Waals surface area contributed by atoms with Gasteiger partial charge in [-0.05, 0) is 0 Å². The monoisotopic (exact) mass is 237 g/mol. The van der Waals surface area contributed by atoms with Crippen molar-refractivity contribution < 1.29 is 18.3 Å². The van der Waals surface area contributed by atoms with Crippen LogP contribution in [0.1, 0.15) is 0 Å². The van der Waals surface area contributed by atoms with Crippen LogP contribution < -0.4 is 4.72 Å². The van der Waals surface area contributed by atoms with Gasteiger partial charge in [0, 0.05) is 33.2 Å². The first kappa shape index (κ1) is 12.4. The number of aliphatic carboxylic acids is 1. The molecule has 1 fully saturated rings. The van der Waals surface area contributed by atoms with Crippen LogP contribution >= 0.6 is 0 Å². The Balaban J connectivity index is 2.46. The highest BCUT2D eigenvalue weighted by Crippen LogP contribution is 2.04. The Morgan fingerprint density at radius 2 is 1.87 bits per heavy atom. The van der Waals surface area contributed by atoms with Crippen molar-refractivity contribution in [2.24, 2.45) is 0 Å². The van der Waals surface area contributed by atoms with E-state index in [4.69, 9.17) is 5.11 Å². The molecule has 0 bridgehead atoms. The van der Waals surface area contributed by atoms with Crippen LogP contribution in [0.3, 0.4) is 0 Å². The van der Waals surface area contributed by atoms with E-state index in [-0.39, 0.29) is 6.54 Å². The Labute approximate surface area is 88.8 Å². The Bertz CT molecular complexity index is 321. The van der Waals surface area contributed by atoms with E-state index in [2.05, 4.69) is 4.72 Å². The number of rotatable bonds is 4. The molecule has 2 N–H and O–H groups in total. The molecule has 1 aliphatic rings. The normalized spacial score (nSPS) is 20.3. The Morgan fingerprint density at radius 1 is 1.33 bits per heavy atom. The highest BCUT2D eigenvalue weighted by atomic mass is 32.2. The van der Waals surface area contributed by atoms with Gasteiger partial charge in [-0.15, -0.1) is 0 Å². The molecule has 0 saturated carbocycles. The second-order valence-electron chi connectivity index (χ2n) is 3.28. The molecule has 0 radical (unpaired) electrons. The lowest BCUT2D eigenvalue weighted by molar-refractivity contribution is -0.138. The molecule has 0 aromatic rings. The van der Waals surface area contributed by atoms with E-state index >= 15 is 0 Å². The van der Waals surface area contributed by atoms with Crippen molar-refractivity contribution >= 4 is 16.2 Å². The van der Waals surface area contributed by atoms with Crippen LogP contribution in [0.4, 0.5) is 0 Å². The van der Waals surface area contributed by atoms with Crippen LogP contribution in [0.15, 0.2) is 0 Å². The fourth-order valence-electron chi connectivity index (χ4n) is 1.45. The average Bonchev–Trinajstić information content (AvgIpc) is 2.18. The van der Waals surface area contributed by atoms with E-state index in [0.717, 1.165) is 0 Å². The summed E-state index contributed by atoms with van der Waals surface area (Å²) in [5.74, 6) is -0.889. The number of hydrogen-bond acceptors (Lipinski definition) is 4. The Morgan fingerprint density at radius 3 is 2.27 bits per heavy atom. The first-order chi connectivity index (χ1) is 6.95. The lowest BCUT2D eigenvalue weighted by atomic mass is 10.3. The molecular weight excluding hydrogens is 222 g/mol. The summed E-state index contributed by atoms with van der Waals surface area (Å²) in [5, 5.41) is 8.55. The third-order valence-corrected chi connectivity index (χ3v) is 3.85. The summed E-state index contributed by atoms with van der Waals surface area (Å²) in [4.78, 5) is 12.1. The summed E-state index contributed by atoms with van der Waals surface area (Å²) >= 11 is 0. The topological polar surface area (TPSA) is 90.0 Å². The van der Waals surface area contributed by atoms with Crippen molar-refractivity contribution in [3.05, 3.63) is 0 Å². The molecular formula is C7H15N3O4S. The Kier molecular flexibility index (Phi) is 4.03. The van der Waals surface area contributed by atoms with E-state index in [9.17, 15) is 13.2 Å². The number of nitrogens with zero attached hydrogens (tertiary/aromatic N) is 2. The van der Waals surface area contributed by atoms with Gasteiger partial charge in [0.25, 0.3) is 10.2 Å². The average molecular weight is 237 g/mol. The molecule has 0 atom stereocenters. The second kappa shape index (κ2) is 4.88. The summed E-state index contributed by atoms with van der Waals surface area (Å²) in [6, 6.07) is 0. The van der Waals surface area contributed by atoms with Crippen LogP contribution in [0.2, 0.25) is 0 Å². The first-order valence-electron chi connectivity index (χ1n) is 4.58. The fourth-order valence-corrected chi connectivity index (χ4v) is 2.35. The second-order valence-corrected chi connectivity index (χ2v) is 5.15. The van der Waals surface area contributed by atoms with Crippen molar-refractivity contribution in [2.45, 2.75) is 0 Å². The molecule has 0 aliphatic carbocycles. The quantitative estimate of drug-likeness (QED) is 0.599. The molecule has 8 heteroatoms. The molecule has 0 spiro atoms. The minimum Gasteiger partial charge on any atom is -0.480 e. The molecule has 0 aromatic carbocycles. The lowest BCUT2D eigenvalue weighted by Gasteiger charge is -2.32. The van der Waals surface area contributed by atoms with Gasteiger partial charge in [0.1, 0.15) is 0 Å². The van der Waals surface area contributed by atoms with Gasteiger partial charge in [-0.3, -0.25) is 9.69 Å². The number of carbonyl (C=O) groups is 1. The zero-order chi connectivity index (χ0) is 11.5. The van der Waals surface area contributed by atoms with Gasteiger partial charge in [-0.2, -0.15) is 12.7 Å². The predicted octanol–water partition coefficient (Wildman–Crippen LogP) is -1.85. The van der Waals surface area contributed by atoms with Crippen molar-refractivity contribution in [3.63, 3.8) is 0 Å². The van der Waals surface area contributed by atoms with Gasteiger partial charge in [-0.25, -0.2) is 4.72 Å². The van der Waals surface area contributed by atoms with Gasteiger partial charge < -0.3 is 5.11 Å². The summed E-state index contributed by atoms with van der Waals surface area (Å²) in [5.41, 5.74) is 0. The zero-order valence-corrected chi connectivity index (χ0v) is 9.33. The molecule has 88 valence electrons. The first-order valence-corrected chi connectivity index (χ1v) is 6.02. The van der Waals surface area contributed by atoms with E-state index in [0.29, 0.717) is 26.2 Å². The van der Waals surface area contributed by atoms with Crippen LogP contribution in [-0.4, -0.2) is 68.5 Å². The minimum atomic E-state index is -3.36. The minimum absolute atomic E-state index is 0.0343. The van der Waals surface area contributed by atoms with E-state index in [1.807, 2.05) is 0 Å². The van der Waals surface area contributed by atoms with Gasteiger partial charge in [0.15, 0.2) is 0 Å².